The number of piperazine rings is 1. The lowest BCUT2D eigenvalue weighted by Gasteiger charge is -2.36. The van der Waals surface area contributed by atoms with Gasteiger partial charge in [-0.1, -0.05) is 30.3 Å². The number of para-hydroxylation sites is 3. The van der Waals surface area contributed by atoms with E-state index in [2.05, 4.69) is 9.88 Å². The van der Waals surface area contributed by atoms with Gasteiger partial charge in [-0.2, -0.15) is 13.2 Å². The monoisotopic (exact) mass is 528 g/mol. The number of carboxylic acids is 1. The van der Waals surface area contributed by atoms with Gasteiger partial charge in [0.2, 0.25) is 0 Å². The van der Waals surface area contributed by atoms with Crippen LogP contribution < -0.4 is 10.6 Å². The van der Waals surface area contributed by atoms with Gasteiger partial charge in [0, 0.05) is 45.0 Å². The quantitative estimate of drug-likeness (QED) is 0.358. The smallest absolute Gasteiger partial charge is 0.416 e. The fourth-order valence-electron chi connectivity index (χ4n) is 4.33. The second-order valence-corrected chi connectivity index (χ2v) is 8.80. The summed E-state index contributed by atoms with van der Waals surface area (Å²) in [5.74, 6) is -1.31. The molecule has 0 aliphatic carbocycles. The second kappa shape index (κ2) is 11.4. The highest BCUT2D eigenvalue weighted by atomic mass is 19.4. The molecule has 3 aromatic carbocycles. The summed E-state index contributed by atoms with van der Waals surface area (Å²) in [6.07, 6.45) is -4.33. The number of nitrogens with one attached hydrogen (secondary N) is 1. The molecular formula is C27H27F3N4O4. The van der Waals surface area contributed by atoms with Gasteiger partial charge < -0.3 is 20.1 Å². The Morgan fingerprint density at radius 3 is 2.24 bits per heavy atom. The molecule has 1 aliphatic heterocycles. The number of anilines is 1. The van der Waals surface area contributed by atoms with Crippen LogP contribution in [0.5, 0.6) is 5.75 Å². The molecule has 5 rings (SSSR count). The van der Waals surface area contributed by atoms with Crippen LogP contribution in [0.1, 0.15) is 15.9 Å². The third-order valence-electron chi connectivity index (χ3n) is 6.37. The molecule has 38 heavy (non-hydrogen) atoms. The zero-order chi connectivity index (χ0) is 27.3. The third kappa shape index (κ3) is 6.35. The van der Waals surface area contributed by atoms with Gasteiger partial charge in [-0.05, 0) is 42.5 Å². The number of carbonyl (C=O) groups is 1. The van der Waals surface area contributed by atoms with Crippen LogP contribution in [0.2, 0.25) is 0 Å². The van der Waals surface area contributed by atoms with E-state index in [1.807, 2.05) is 29.2 Å². The minimum atomic E-state index is -4.33. The number of benzene rings is 3. The number of nitrogens with zero attached hydrogens (tertiary/aromatic N) is 3. The van der Waals surface area contributed by atoms with Crippen LogP contribution in [-0.2, 0) is 12.7 Å². The first-order valence-electron chi connectivity index (χ1n) is 12.0. The molecule has 2 heterocycles. The molecule has 0 unspecified atom stereocenters. The van der Waals surface area contributed by atoms with Gasteiger partial charge in [-0.25, -0.2) is 9.59 Å². The van der Waals surface area contributed by atoms with Crippen LogP contribution in [0.15, 0.2) is 77.6 Å². The van der Waals surface area contributed by atoms with E-state index in [1.165, 1.54) is 24.3 Å². The molecule has 8 nitrogen and oxygen atoms in total. The van der Waals surface area contributed by atoms with Crippen molar-refractivity contribution in [1.29, 1.82) is 0 Å². The van der Waals surface area contributed by atoms with Crippen molar-refractivity contribution in [2.75, 3.05) is 37.6 Å². The molecule has 1 aromatic heterocycles. The van der Waals surface area contributed by atoms with E-state index in [0.717, 1.165) is 36.7 Å². The van der Waals surface area contributed by atoms with Crippen LogP contribution in [0.25, 0.3) is 11.0 Å². The number of fused-ring (bicyclic) bond motifs is 1. The van der Waals surface area contributed by atoms with E-state index in [9.17, 15) is 22.8 Å². The number of hydrogen-bond acceptors (Lipinski definition) is 5. The van der Waals surface area contributed by atoms with Crippen LogP contribution in [0.3, 0.4) is 0 Å². The van der Waals surface area contributed by atoms with E-state index in [-0.39, 0.29) is 17.0 Å². The number of rotatable bonds is 5. The van der Waals surface area contributed by atoms with E-state index < -0.39 is 17.7 Å². The zero-order valence-corrected chi connectivity index (χ0v) is 20.4. The van der Waals surface area contributed by atoms with Crippen LogP contribution in [0, 0.1) is 0 Å². The summed E-state index contributed by atoms with van der Waals surface area (Å²) in [7, 11) is 0. The van der Waals surface area contributed by atoms with Crippen LogP contribution in [0.4, 0.5) is 18.9 Å². The topological polar surface area (TPSA) is 102 Å². The molecule has 1 saturated heterocycles. The lowest BCUT2D eigenvalue weighted by molar-refractivity contribution is -0.137. The number of aromatic amines is 1. The van der Waals surface area contributed by atoms with Crippen molar-refractivity contribution < 1.29 is 28.2 Å². The van der Waals surface area contributed by atoms with E-state index in [4.69, 9.17) is 10.2 Å². The first-order chi connectivity index (χ1) is 18.1. The molecule has 11 heteroatoms. The highest BCUT2D eigenvalue weighted by Gasteiger charge is 2.31. The lowest BCUT2D eigenvalue weighted by atomic mass is 10.1. The van der Waals surface area contributed by atoms with Gasteiger partial charge in [0.1, 0.15) is 11.3 Å². The Kier molecular flexibility index (Phi) is 8.06. The van der Waals surface area contributed by atoms with Crippen molar-refractivity contribution in [3.8, 4) is 5.75 Å². The molecule has 200 valence electrons. The highest BCUT2D eigenvalue weighted by molar-refractivity contribution is 5.90. The second-order valence-electron chi connectivity index (χ2n) is 8.80. The third-order valence-corrected chi connectivity index (χ3v) is 6.37. The maximum Gasteiger partial charge on any atom is 0.416 e. The van der Waals surface area contributed by atoms with Gasteiger partial charge in [0.15, 0.2) is 0 Å². The number of aromatic nitrogens is 2. The van der Waals surface area contributed by atoms with Gasteiger partial charge in [-0.3, -0.25) is 9.47 Å². The minimum Gasteiger partial charge on any atom is -0.507 e. The van der Waals surface area contributed by atoms with E-state index in [0.29, 0.717) is 25.3 Å². The van der Waals surface area contributed by atoms with Crippen molar-refractivity contribution in [2.24, 2.45) is 0 Å². The lowest BCUT2D eigenvalue weighted by Crippen LogP contribution is -2.47. The maximum atomic E-state index is 12.9. The summed E-state index contributed by atoms with van der Waals surface area (Å²) in [4.78, 5) is 29.5. The van der Waals surface area contributed by atoms with E-state index >= 15 is 0 Å². The van der Waals surface area contributed by atoms with Crippen molar-refractivity contribution >= 4 is 22.7 Å². The molecule has 0 saturated carbocycles. The standard InChI is InChI=1S/C20H21F3N4O.C7H6O3/c21-20(22,23)15-4-3-5-16(14-15)26-11-8-25(9-12-26)10-13-27-18-7-2-1-6-17(18)24-19(27)28;8-6-4-2-1-3-5(6)7(9)10/h1-7,14H,8-13H2,(H,24,28);1-4,8H,(H,9,10). The molecule has 1 fully saturated rings. The normalized spacial score (nSPS) is 14.2. The summed E-state index contributed by atoms with van der Waals surface area (Å²) in [5.41, 5.74) is 1.50. The Morgan fingerprint density at radius 2 is 1.58 bits per heavy atom. The SMILES string of the molecule is O=C(O)c1ccccc1O.O=c1[nH]c2ccccc2n1CCN1CCN(c2cccc(C(F)(F)F)c2)CC1. The molecule has 0 bridgehead atoms. The average Bonchev–Trinajstić information content (AvgIpc) is 3.22. The summed E-state index contributed by atoms with van der Waals surface area (Å²) in [6, 6.07) is 18.9. The maximum absolute atomic E-state index is 12.9. The summed E-state index contributed by atoms with van der Waals surface area (Å²) >= 11 is 0. The highest BCUT2D eigenvalue weighted by Crippen LogP contribution is 2.31. The van der Waals surface area contributed by atoms with Crippen LogP contribution in [-0.4, -0.2) is 63.4 Å². The number of carboxylic acid groups (broad SMARTS) is 1. The van der Waals surface area contributed by atoms with Crippen molar-refractivity contribution in [3.05, 3.63) is 94.4 Å². The number of H-pyrrole nitrogens is 1. The number of hydrogen-bond donors (Lipinski definition) is 3. The predicted molar refractivity (Wildman–Crippen MR) is 138 cm³/mol. The first-order valence-corrected chi connectivity index (χ1v) is 12.0. The van der Waals surface area contributed by atoms with E-state index in [1.54, 1.807) is 22.8 Å². The van der Waals surface area contributed by atoms with Crippen molar-refractivity contribution in [3.63, 3.8) is 0 Å². The Balaban J connectivity index is 0.000000283. The Bertz CT molecular complexity index is 1460. The number of alkyl halides is 3. The summed E-state index contributed by atoms with van der Waals surface area (Å²) in [6.45, 7) is 4.10. The van der Waals surface area contributed by atoms with Gasteiger partial charge in [0.05, 0.1) is 16.6 Å². The summed E-state index contributed by atoms with van der Waals surface area (Å²) in [5, 5.41) is 17.3. The predicted octanol–water partition coefficient (Wildman–Crippen LogP) is 4.26. The Labute approximate surface area is 216 Å². The van der Waals surface area contributed by atoms with Crippen molar-refractivity contribution in [2.45, 2.75) is 12.7 Å². The zero-order valence-electron chi connectivity index (χ0n) is 20.4. The Hall–Kier alpha value is -4.25. The van der Waals surface area contributed by atoms with Gasteiger partial charge in [0.25, 0.3) is 0 Å². The number of phenols is 1. The summed E-state index contributed by atoms with van der Waals surface area (Å²) < 4.78 is 40.5. The average molecular weight is 529 g/mol. The molecule has 0 atom stereocenters. The fourth-order valence-corrected chi connectivity index (χ4v) is 4.33. The fraction of sp³-hybridized carbons (Fsp3) is 0.259. The number of aromatic carboxylic acids is 1. The Morgan fingerprint density at radius 1 is 0.895 bits per heavy atom. The molecule has 0 radical (unpaired) electrons. The van der Waals surface area contributed by atoms with Gasteiger partial charge >= 0.3 is 17.8 Å². The molecule has 0 amide bonds. The number of halogens is 3. The first kappa shape index (κ1) is 26.8. The molecule has 3 N–H and O–H groups in total. The van der Waals surface area contributed by atoms with Crippen LogP contribution >= 0.6 is 0 Å². The molecule has 4 aromatic rings. The largest absolute Gasteiger partial charge is 0.507 e. The van der Waals surface area contributed by atoms with Crippen molar-refractivity contribution in [1.82, 2.24) is 14.5 Å². The molecule has 1 aliphatic rings. The number of imidazole rings is 1. The minimum absolute atomic E-state index is 0.0671. The number of aromatic hydroxyl groups is 1. The molecule has 0 spiro atoms. The van der Waals surface area contributed by atoms with Gasteiger partial charge in [-0.15, -0.1) is 0 Å². The molecular weight excluding hydrogens is 501 g/mol.